The van der Waals surface area contributed by atoms with Crippen LogP contribution in [-0.2, 0) is 18.6 Å². The van der Waals surface area contributed by atoms with Gasteiger partial charge in [0.2, 0.25) is 0 Å². The number of H-pyrrole nitrogens is 2. The fourth-order valence-electron chi connectivity index (χ4n) is 6.19. The van der Waals surface area contributed by atoms with E-state index in [2.05, 4.69) is 87.2 Å². The highest BCUT2D eigenvalue weighted by atomic mass is 79.9. The highest BCUT2D eigenvalue weighted by Crippen LogP contribution is 2.38. The minimum absolute atomic E-state index is 0.376. The minimum Gasteiger partial charge on any atom is -0.399 e. The predicted molar refractivity (Wildman–Crippen MR) is 230 cm³/mol. The van der Waals surface area contributed by atoms with Gasteiger partial charge in [-0.3, -0.25) is 0 Å². The van der Waals surface area contributed by atoms with E-state index in [1.54, 1.807) is 0 Å². The fraction of sp³-hybridized carbons (Fsp3) is 0.273. The molecule has 0 amide bonds. The molecule has 0 saturated carbocycles. The molecule has 2 saturated heterocycles. The van der Waals surface area contributed by atoms with Gasteiger partial charge in [0.05, 0.1) is 22.4 Å². The van der Waals surface area contributed by atoms with Crippen molar-refractivity contribution in [1.29, 1.82) is 0 Å². The van der Waals surface area contributed by atoms with Crippen LogP contribution in [0, 0.1) is 0 Å². The number of nitrogens with one attached hydrogen (secondary N) is 2. The normalized spacial score (nSPS) is 18.6. The molecule has 2 aliphatic rings. The van der Waals surface area contributed by atoms with Gasteiger partial charge in [-0.25, -0.2) is 0 Å². The topological polar surface area (TPSA) is 68.5 Å². The molecule has 54 heavy (non-hydrogen) atoms. The first-order valence-corrected chi connectivity index (χ1v) is 19.8. The van der Waals surface area contributed by atoms with Gasteiger partial charge in [-0.2, -0.15) is 0 Å². The molecule has 8 rings (SSSR count). The van der Waals surface area contributed by atoms with Gasteiger partial charge in [0.1, 0.15) is 0 Å². The first-order chi connectivity index (χ1) is 26.4. The Kier molecular flexibility index (Phi) is 9.87. The highest BCUT2D eigenvalue weighted by molar-refractivity contribution is 9.10. The summed E-state index contributed by atoms with van der Waals surface area (Å²) >= 11 is 6.85. The molecule has 4 aromatic carbocycles. The Morgan fingerprint density at radius 1 is 0.389 bits per heavy atom. The molecule has 0 spiro atoms. The van der Waals surface area contributed by atoms with Crippen molar-refractivity contribution in [2.75, 3.05) is 0 Å². The summed E-state index contributed by atoms with van der Waals surface area (Å²) in [7, 11) is -0.797. The number of halogens is 2. The van der Waals surface area contributed by atoms with Gasteiger partial charge in [0.25, 0.3) is 0 Å². The van der Waals surface area contributed by atoms with Gasteiger partial charge in [0.15, 0.2) is 2.82 Å². The Balaban J connectivity index is 0.000000202. The van der Waals surface area contributed by atoms with Crippen molar-refractivity contribution in [3.63, 3.8) is 0 Å². The van der Waals surface area contributed by atoms with Crippen LogP contribution in [0.3, 0.4) is 0 Å². The van der Waals surface area contributed by atoms with E-state index in [0.717, 1.165) is 64.9 Å². The molecule has 0 bridgehead atoms. The average molecular weight is 850 g/mol. The summed E-state index contributed by atoms with van der Waals surface area (Å²) in [5, 5.41) is 0. The average Bonchev–Trinajstić information content (AvgIpc) is 3.85. The van der Waals surface area contributed by atoms with Crippen molar-refractivity contribution in [3.05, 3.63) is 130 Å². The van der Waals surface area contributed by atoms with Crippen LogP contribution in [0.2, 0.25) is 2.82 Å². The van der Waals surface area contributed by atoms with Crippen LogP contribution >= 0.6 is 31.9 Å². The Bertz CT molecular complexity index is 2130. The molecule has 0 atom stereocenters. The molecule has 4 heterocycles. The molecular formula is C44H46B2Br2N2O4. The van der Waals surface area contributed by atoms with Gasteiger partial charge in [-0.15, -0.1) is 0 Å². The molecule has 2 aliphatic heterocycles. The fourth-order valence-corrected chi connectivity index (χ4v) is 6.72. The predicted octanol–water partition coefficient (Wildman–Crippen LogP) is 10.8. The van der Waals surface area contributed by atoms with Gasteiger partial charge in [-0.05, 0) is 137 Å². The number of benzene rings is 4. The van der Waals surface area contributed by atoms with Gasteiger partial charge < -0.3 is 28.6 Å². The van der Waals surface area contributed by atoms with Gasteiger partial charge in [-0.1, -0.05) is 105 Å². The largest absolute Gasteiger partial charge is 0.494 e. The summed E-state index contributed by atoms with van der Waals surface area (Å²) in [5.41, 5.74) is 7.84. The zero-order chi connectivity index (χ0) is 40.2. The number of aromatic amines is 2. The van der Waals surface area contributed by atoms with Crippen LogP contribution < -0.4 is 10.9 Å². The quantitative estimate of drug-likeness (QED) is 0.164. The third-order valence-electron chi connectivity index (χ3n) is 11.0. The maximum Gasteiger partial charge on any atom is 0.494 e. The van der Waals surface area contributed by atoms with Crippen molar-refractivity contribution in [2.45, 2.75) is 77.8 Å². The van der Waals surface area contributed by atoms with Gasteiger partial charge in [0, 0.05) is 31.7 Å². The zero-order valence-corrected chi connectivity index (χ0v) is 35.2. The van der Waals surface area contributed by atoms with E-state index in [4.69, 9.17) is 21.4 Å². The van der Waals surface area contributed by atoms with E-state index in [-0.39, 0.29) is 22.4 Å². The Hall–Kier alpha value is -3.63. The van der Waals surface area contributed by atoms with Crippen molar-refractivity contribution < 1.29 is 21.4 Å². The number of hydrogen-bond donors (Lipinski definition) is 2. The molecule has 0 radical (unpaired) electrons. The van der Waals surface area contributed by atoms with E-state index in [9.17, 15) is 0 Å². The third-order valence-corrected chi connectivity index (χ3v) is 12.1. The second kappa shape index (κ2) is 14.8. The summed E-state index contributed by atoms with van der Waals surface area (Å²) in [6, 6.07) is 40.1. The van der Waals surface area contributed by atoms with Gasteiger partial charge >= 0.3 is 14.2 Å². The van der Waals surface area contributed by atoms with Crippen molar-refractivity contribution in [1.82, 2.24) is 9.95 Å². The maximum absolute atomic E-state index is 8.77. The molecule has 10 heteroatoms. The van der Waals surface area contributed by atoms with Crippen molar-refractivity contribution in [2.24, 2.45) is 0 Å². The lowest BCUT2D eigenvalue weighted by Crippen LogP contribution is -2.41. The maximum atomic E-state index is 8.77. The van der Waals surface area contributed by atoms with Crippen molar-refractivity contribution in [3.8, 4) is 45.0 Å². The van der Waals surface area contributed by atoms with Crippen LogP contribution in [0.25, 0.3) is 45.0 Å². The first-order valence-electron chi connectivity index (χ1n) is 19.1. The van der Waals surface area contributed by atoms with E-state index in [1.807, 2.05) is 121 Å². The lowest BCUT2D eigenvalue weighted by atomic mass is 9.79. The summed E-state index contributed by atoms with van der Waals surface area (Å²) in [6.07, 6.45) is 0. The van der Waals surface area contributed by atoms with E-state index in [1.165, 1.54) is 9.95 Å². The lowest BCUT2D eigenvalue weighted by Gasteiger charge is -2.32. The minimum atomic E-state index is -0.398. The van der Waals surface area contributed by atoms with Crippen LogP contribution in [0.1, 0.15) is 55.4 Å². The molecule has 0 aliphatic carbocycles. The SMILES string of the molecule is [2H]n1c(-c2ccc(B3OC(C)(C)C(C)(C)O3)cc2)ccc1-c1ccc(B2OC(C)(C)C(C)(C)O2)cc1.[2H]n1c(-c2ccc(Br)cc2)ccc1-c1ccc(Br)cc1. The lowest BCUT2D eigenvalue weighted by molar-refractivity contribution is 0.00578. The second-order valence-corrected chi connectivity index (χ2v) is 17.7. The number of aromatic nitrogens is 2. The van der Waals surface area contributed by atoms with E-state index in [0.29, 0.717) is 0 Å². The smallest absolute Gasteiger partial charge is 0.399 e. The standard InChI is InChI=1S/C28H35B2NO4.C16H11Br2N/c1-25(2)26(3,4)33-29(32-25)21-13-9-19(10-14-21)23-17-18-24(31-23)20-11-15-22(16-12-20)30-34-27(5,6)28(7,8)35-30;17-13-5-1-11(2-6-13)15-9-10-16(19-15)12-3-7-14(18)8-4-12/h9-18,31H,1-8H3;1-10,19H/i/hD2. The molecule has 6 nitrogen and oxygen atoms in total. The number of rotatable bonds is 6. The summed E-state index contributed by atoms with van der Waals surface area (Å²) in [6.45, 7) is 16.4. The molecule has 2 aromatic heterocycles. The molecule has 2 N–H and O–H groups in total. The molecule has 2 fully saturated rings. The molecular weight excluding hydrogens is 802 g/mol. The van der Waals surface area contributed by atoms with E-state index < -0.39 is 14.2 Å². The summed E-state index contributed by atoms with van der Waals surface area (Å²) < 4.78 is 43.8. The van der Waals surface area contributed by atoms with Crippen LogP contribution in [0.15, 0.2) is 130 Å². The second-order valence-electron chi connectivity index (χ2n) is 15.9. The van der Waals surface area contributed by atoms with Crippen molar-refractivity contribution >= 4 is 57.0 Å². The molecule has 276 valence electrons. The van der Waals surface area contributed by atoms with E-state index >= 15 is 0 Å². The first kappa shape index (κ1) is 36.0. The summed E-state index contributed by atoms with van der Waals surface area (Å²) in [4.78, 5) is 2.96. The monoisotopic (exact) mass is 848 g/mol. The molecule has 0 unspecified atom stereocenters. The Labute approximate surface area is 339 Å². The van der Waals surface area contributed by atoms with Crippen LogP contribution in [0.4, 0.5) is 0 Å². The third kappa shape index (κ3) is 8.01. The summed E-state index contributed by atoms with van der Waals surface area (Å²) in [5.74, 6) is 0. The highest BCUT2D eigenvalue weighted by Gasteiger charge is 2.52. The Morgan fingerprint density at radius 3 is 0.852 bits per heavy atom. The number of hydrogen-bond acceptors (Lipinski definition) is 4. The van der Waals surface area contributed by atoms with Crippen LogP contribution in [-0.4, -0.2) is 46.6 Å². The zero-order valence-electron chi connectivity index (χ0n) is 34.0. The molecule has 6 aromatic rings. The Morgan fingerprint density at radius 2 is 0.611 bits per heavy atom. The van der Waals surface area contributed by atoms with Crippen LogP contribution in [0.5, 0.6) is 0 Å².